The average molecular weight is 291 g/mol. The second-order valence-electron chi connectivity index (χ2n) is 3.93. The number of nitrogens with one attached hydrogen (secondary N) is 2. The molecule has 1 aromatic heterocycles. The maximum Gasteiger partial charge on any atom is 0.274 e. The lowest BCUT2D eigenvalue weighted by Crippen LogP contribution is -2.16. The second-order valence-corrected chi connectivity index (χ2v) is 3.93. The van der Waals surface area contributed by atoms with E-state index in [1.54, 1.807) is 0 Å². The summed E-state index contributed by atoms with van der Waals surface area (Å²) in [6.45, 7) is 0. The van der Waals surface area contributed by atoms with Crippen molar-refractivity contribution in [3.05, 3.63) is 58.0 Å². The molecule has 1 aromatic carbocycles. The van der Waals surface area contributed by atoms with E-state index in [0.717, 1.165) is 18.2 Å². The first-order valence-electron chi connectivity index (χ1n) is 5.70. The molecule has 2 aromatic rings. The Hall–Kier alpha value is -3.07. The van der Waals surface area contributed by atoms with Crippen molar-refractivity contribution in [2.24, 2.45) is 5.84 Å². The van der Waals surface area contributed by atoms with Gasteiger partial charge in [0.25, 0.3) is 11.6 Å². The number of carbonyl (C=O) groups excluding carboxylic acids is 1. The van der Waals surface area contributed by atoms with Crippen LogP contribution in [0.5, 0.6) is 0 Å². The maximum atomic E-state index is 13.6. The Morgan fingerprint density at radius 1 is 1.33 bits per heavy atom. The lowest BCUT2D eigenvalue weighted by Gasteiger charge is -2.07. The average Bonchev–Trinajstić information content (AvgIpc) is 2.49. The highest BCUT2D eigenvalue weighted by Crippen LogP contribution is 2.21. The monoisotopic (exact) mass is 291 g/mol. The SMILES string of the molecule is NNc1cccc(C(=O)Nc2cc([N+](=O)[O-])ccc2F)n1. The van der Waals surface area contributed by atoms with E-state index in [-0.39, 0.29) is 22.9 Å². The van der Waals surface area contributed by atoms with Gasteiger partial charge in [-0.05, 0) is 18.2 Å². The van der Waals surface area contributed by atoms with Crippen molar-refractivity contribution >= 4 is 23.1 Å². The van der Waals surface area contributed by atoms with Crippen molar-refractivity contribution in [3.63, 3.8) is 0 Å². The largest absolute Gasteiger partial charge is 0.318 e. The number of nitrogen functional groups attached to an aromatic ring is 1. The molecule has 0 radical (unpaired) electrons. The minimum absolute atomic E-state index is 0.0173. The molecule has 0 spiro atoms. The van der Waals surface area contributed by atoms with E-state index in [2.05, 4.69) is 15.7 Å². The molecule has 0 aliphatic carbocycles. The maximum absolute atomic E-state index is 13.6. The molecule has 0 bridgehead atoms. The predicted molar refractivity (Wildman–Crippen MR) is 73.1 cm³/mol. The van der Waals surface area contributed by atoms with E-state index in [0.29, 0.717) is 0 Å². The third kappa shape index (κ3) is 3.28. The molecule has 0 atom stereocenters. The van der Waals surface area contributed by atoms with Gasteiger partial charge in [0.05, 0.1) is 10.6 Å². The van der Waals surface area contributed by atoms with Crippen LogP contribution in [0.25, 0.3) is 0 Å². The number of halogens is 1. The minimum atomic E-state index is -0.790. The molecule has 9 heteroatoms. The Bertz CT molecular complexity index is 707. The summed E-state index contributed by atoms with van der Waals surface area (Å²) in [5.41, 5.74) is 1.61. The number of nitrogens with two attached hydrogens (primary N) is 1. The molecule has 1 heterocycles. The van der Waals surface area contributed by atoms with Gasteiger partial charge in [-0.2, -0.15) is 0 Å². The van der Waals surface area contributed by atoms with Crippen molar-refractivity contribution in [1.82, 2.24) is 4.98 Å². The second kappa shape index (κ2) is 5.92. The predicted octanol–water partition coefficient (Wildman–Crippen LogP) is 1.67. The van der Waals surface area contributed by atoms with Gasteiger partial charge in [-0.1, -0.05) is 6.07 Å². The molecule has 4 N–H and O–H groups in total. The summed E-state index contributed by atoms with van der Waals surface area (Å²) < 4.78 is 13.6. The number of non-ortho nitro benzene ring substituents is 1. The molecule has 2 rings (SSSR count). The third-order valence-electron chi connectivity index (χ3n) is 2.54. The van der Waals surface area contributed by atoms with Crippen LogP contribution in [0.1, 0.15) is 10.5 Å². The fourth-order valence-electron chi connectivity index (χ4n) is 1.55. The number of hydrazine groups is 1. The molecule has 0 unspecified atom stereocenters. The van der Waals surface area contributed by atoms with Gasteiger partial charge in [-0.3, -0.25) is 14.9 Å². The fraction of sp³-hybridized carbons (Fsp3) is 0. The number of anilines is 2. The molecule has 0 fully saturated rings. The first-order valence-corrected chi connectivity index (χ1v) is 5.70. The first-order chi connectivity index (χ1) is 10.0. The van der Waals surface area contributed by atoms with E-state index in [1.807, 2.05) is 0 Å². The number of amides is 1. The summed E-state index contributed by atoms with van der Waals surface area (Å²) in [6, 6.07) is 7.29. The van der Waals surface area contributed by atoms with E-state index in [9.17, 15) is 19.3 Å². The quantitative estimate of drug-likeness (QED) is 0.447. The standard InChI is InChI=1S/C12H10FN5O3/c13-8-5-4-7(18(20)21)6-10(8)16-12(19)9-2-1-3-11(15-9)17-14/h1-6H,14H2,(H,15,17)(H,16,19). The molecule has 0 saturated heterocycles. The third-order valence-corrected chi connectivity index (χ3v) is 2.54. The number of rotatable bonds is 4. The van der Waals surface area contributed by atoms with Crippen LogP contribution in [0.4, 0.5) is 21.6 Å². The molecule has 0 aliphatic heterocycles. The van der Waals surface area contributed by atoms with Gasteiger partial charge in [0.15, 0.2) is 0 Å². The van der Waals surface area contributed by atoms with Crippen LogP contribution in [0.2, 0.25) is 0 Å². The number of pyridine rings is 1. The Morgan fingerprint density at radius 2 is 2.10 bits per heavy atom. The van der Waals surface area contributed by atoms with Gasteiger partial charge in [0.1, 0.15) is 17.3 Å². The van der Waals surface area contributed by atoms with Gasteiger partial charge in [-0.15, -0.1) is 0 Å². The van der Waals surface area contributed by atoms with Crippen LogP contribution in [0, 0.1) is 15.9 Å². The number of aromatic nitrogens is 1. The summed E-state index contributed by atoms with van der Waals surface area (Å²) >= 11 is 0. The van der Waals surface area contributed by atoms with Crippen molar-refractivity contribution in [1.29, 1.82) is 0 Å². The topological polar surface area (TPSA) is 123 Å². The lowest BCUT2D eigenvalue weighted by molar-refractivity contribution is -0.384. The molecule has 8 nitrogen and oxygen atoms in total. The van der Waals surface area contributed by atoms with Crippen LogP contribution >= 0.6 is 0 Å². The number of hydrogen-bond donors (Lipinski definition) is 3. The van der Waals surface area contributed by atoms with E-state index >= 15 is 0 Å². The number of hydrogen-bond acceptors (Lipinski definition) is 6. The van der Waals surface area contributed by atoms with E-state index < -0.39 is 16.6 Å². The van der Waals surface area contributed by atoms with Gasteiger partial charge < -0.3 is 10.7 Å². The fourth-order valence-corrected chi connectivity index (χ4v) is 1.55. The molecule has 0 aliphatic rings. The number of nitro groups is 1. The van der Waals surface area contributed by atoms with Crippen LogP contribution in [0.3, 0.4) is 0 Å². The van der Waals surface area contributed by atoms with Crippen molar-refractivity contribution in [3.8, 4) is 0 Å². The molecule has 21 heavy (non-hydrogen) atoms. The number of carbonyl (C=O) groups is 1. The minimum Gasteiger partial charge on any atom is -0.318 e. The van der Waals surface area contributed by atoms with Gasteiger partial charge in [0.2, 0.25) is 0 Å². The molecule has 108 valence electrons. The summed E-state index contributed by atoms with van der Waals surface area (Å²) in [6.07, 6.45) is 0. The summed E-state index contributed by atoms with van der Waals surface area (Å²) in [4.78, 5) is 25.8. The zero-order chi connectivity index (χ0) is 15.4. The van der Waals surface area contributed by atoms with Crippen LogP contribution in [-0.2, 0) is 0 Å². The lowest BCUT2D eigenvalue weighted by atomic mass is 10.2. The van der Waals surface area contributed by atoms with Crippen molar-refractivity contribution in [2.45, 2.75) is 0 Å². The highest BCUT2D eigenvalue weighted by molar-refractivity contribution is 6.03. The molecule has 0 saturated carbocycles. The highest BCUT2D eigenvalue weighted by atomic mass is 19.1. The van der Waals surface area contributed by atoms with Crippen LogP contribution in [-0.4, -0.2) is 15.8 Å². The Kier molecular flexibility index (Phi) is 4.05. The smallest absolute Gasteiger partial charge is 0.274 e. The number of nitrogens with zero attached hydrogens (tertiary/aromatic N) is 2. The normalized spacial score (nSPS) is 10.0. The Balaban J connectivity index is 2.26. The first kappa shape index (κ1) is 14.3. The van der Waals surface area contributed by atoms with E-state index in [4.69, 9.17) is 5.84 Å². The van der Waals surface area contributed by atoms with Crippen LogP contribution in [0.15, 0.2) is 36.4 Å². The Morgan fingerprint density at radius 3 is 2.76 bits per heavy atom. The van der Waals surface area contributed by atoms with Gasteiger partial charge >= 0.3 is 0 Å². The Labute approximate surface area is 117 Å². The summed E-state index contributed by atoms with van der Waals surface area (Å²) in [5, 5.41) is 12.9. The van der Waals surface area contributed by atoms with Crippen molar-refractivity contribution in [2.75, 3.05) is 10.7 Å². The number of benzene rings is 1. The summed E-state index contributed by atoms with van der Waals surface area (Å²) in [7, 11) is 0. The van der Waals surface area contributed by atoms with Crippen molar-refractivity contribution < 1.29 is 14.1 Å². The zero-order valence-corrected chi connectivity index (χ0v) is 10.5. The summed E-state index contributed by atoms with van der Waals surface area (Å²) in [5.74, 6) is 3.92. The van der Waals surface area contributed by atoms with Gasteiger partial charge in [-0.25, -0.2) is 15.2 Å². The van der Waals surface area contributed by atoms with Gasteiger partial charge in [0, 0.05) is 12.1 Å². The number of nitro benzene ring substituents is 1. The molecular weight excluding hydrogens is 281 g/mol. The van der Waals surface area contributed by atoms with E-state index in [1.165, 1.54) is 18.2 Å². The zero-order valence-electron chi connectivity index (χ0n) is 10.5. The molecular formula is C12H10FN5O3. The van der Waals surface area contributed by atoms with Crippen LogP contribution < -0.4 is 16.6 Å². The molecule has 1 amide bonds. The highest BCUT2D eigenvalue weighted by Gasteiger charge is 2.15.